The number of nitrogens with two attached hydrogens (primary N) is 1. The fourth-order valence-corrected chi connectivity index (χ4v) is 3.14. The van der Waals surface area contributed by atoms with E-state index in [9.17, 15) is 8.78 Å². The van der Waals surface area contributed by atoms with E-state index < -0.39 is 12.1 Å². The molecule has 1 aliphatic rings. The lowest BCUT2D eigenvalue weighted by Crippen LogP contribution is -2.22. The topological polar surface area (TPSA) is 123 Å². The lowest BCUT2D eigenvalue weighted by Gasteiger charge is -2.15. The number of nitrogen functional groups attached to an aromatic ring is 1. The smallest absolute Gasteiger partial charge is 0.333 e. The van der Waals surface area contributed by atoms with Crippen molar-refractivity contribution in [3.63, 3.8) is 0 Å². The normalized spacial score (nSPS) is 15.2. The Morgan fingerprint density at radius 1 is 1.18 bits per heavy atom. The number of anilines is 2. The number of alkyl halides is 2. The largest absolute Gasteiger partial charge is 0.368 e. The molecule has 0 unspecified atom stereocenters. The molecule has 1 aromatic carbocycles. The van der Waals surface area contributed by atoms with Crippen LogP contribution in [0.1, 0.15) is 25.1 Å². The number of aromatic amines is 1. The fourth-order valence-electron chi connectivity index (χ4n) is 3.14. The maximum absolute atomic E-state index is 12.8. The fraction of sp³-hybridized carbons (Fsp3) is 0.235. The Kier molecular flexibility index (Phi) is 3.51. The van der Waals surface area contributed by atoms with Gasteiger partial charge in [-0.25, -0.2) is 4.68 Å². The van der Waals surface area contributed by atoms with Gasteiger partial charge in [0.05, 0.1) is 22.9 Å². The van der Waals surface area contributed by atoms with Crippen LogP contribution < -0.4 is 11.1 Å². The van der Waals surface area contributed by atoms with Crippen LogP contribution >= 0.6 is 0 Å². The molecule has 0 spiro atoms. The zero-order valence-electron chi connectivity index (χ0n) is 14.5. The van der Waals surface area contributed by atoms with E-state index in [1.165, 1.54) is 6.20 Å². The monoisotopic (exact) mass is 383 g/mol. The lowest BCUT2D eigenvalue weighted by atomic mass is 10.1. The number of benzene rings is 1. The Morgan fingerprint density at radius 2 is 2.04 bits per heavy atom. The molecular formula is C17H15F2N9. The highest BCUT2D eigenvalue weighted by Gasteiger charge is 2.47. The Bertz CT molecular complexity index is 1160. The molecule has 4 aromatic rings. The minimum absolute atomic E-state index is 0.0612. The van der Waals surface area contributed by atoms with Crippen molar-refractivity contribution in [2.75, 3.05) is 11.1 Å². The van der Waals surface area contributed by atoms with Crippen LogP contribution in [0.5, 0.6) is 0 Å². The summed E-state index contributed by atoms with van der Waals surface area (Å²) in [7, 11) is 0. The van der Waals surface area contributed by atoms with Gasteiger partial charge in [-0.3, -0.25) is 5.10 Å². The van der Waals surface area contributed by atoms with Gasteiger partial charge in [0.25, 0.3) is 0 Å². The minimum atomic E-state index is -2.68. The molecule has 0 atom stereocenters. The van der Waals surface area contributed by atoms with E-state index >= 15 is 0 Å². The number of halogens is 2. The van der Waals surface area contributed by atoms with Crippen LogP contribution in [0.3, 0.4) is 0 Å². The van der Waals surface area contributed by atoms with E-state index in [4.69, 9.17) is 5.73 Å². The van der Waals surface area contributed by atoms with Crippen LogP contribution in [0.25, 0.3) is 22.3 Å². The first kappa shape index (κ1) is 16.5. The van der Waals surface area contributed by atoms with Gasteiger partial charge in [-0.2, -0.15) is 33.9 Å². The molecule has 3 heterocycles. The zero-order valence-corrected chi connectivity index (χ0v) is 14.5. The first-order chi connectivity index (χ1) is 13.5. The maximum Gasteiger partial charge on any atom is 0.333 e. The number of aromatic nitrogens is 7. The van der Waals surface area contributed by atoms with Crippen molar-refractivity contribution in [2.24, 2.45) is 0 Å². The van der Waals surface area contributed by atoms with Crippen molar-refractivity contribution in [3.05, 3.63) is 42.4 Å². The average Bonchev–Trinajstić information content (AvgIpc) is 3.11. The van der Waals surface area contributed by atoms with Crippen molar-refractivity contribution in [1.82, 2.24) is 34.9 Å². The Morgan fingerprint density at radius 3 is 2.79 bits per heavy atom. The standard InChI is InChI=1S/C17H15F2N9/c18-14(19)28-6-3-12(27-28)17(4-5-17)25-16-23-13(22-15(20)24-16)9-1-2-10-8-21-26-11(10)7-9/h1-3,6-8,14H,4-5H2,(H,21,26)(H3,20,22,23,24,25). The second kappa shape index (κ2) is 5.94. The first-order valence-corrected chi connectivity index (χ1v) is 8.59. The molecule has 3 aromatic heterocycles. The van der Waals surface area contributed by atoms with Gasteiger partial charge in [0.2, 0.25) is 11.9 Å². The molecule has 1 saturated carbocycles. The van der Waals surface area contributed by atoms with Crippen LogP contribution in [0, 0.1) is 0 Å². The van der Waals surface area contributed by atoms with Crippen LogP contribution in [0.2, 0.25) is 0 Å². The maximum atomic E-state index is 12.8. The summed E-state index contributed by atoms with van der Waals surface area (Å²) in [4.78, 5) is 12.8. The summed E-state index contributed by atoms with van der Waals surface area (Å²) in [5, 5.41) is 15.0. The molecule has 0 radical (unpaired) electrons. The molecule has 0 aliphatic heterocycles. The third-order valence-electron chi connectivity index (χ3n) is 4.75. The summed E-state index contributed by atoms with van der Waals surface area (Å²) < 4.78 is 26.3. The molecule has 1 aliphatic carbocycles. The molecule has 9 nitrogen and oxygen atoms in total. The summed E-state index contributed by atoms with van der Waals surface area (Å²) in [6.07, 6.45) is 4.44. The highest BCUT2D eigenvalue weighted by atomic mass is 19.3. The Balaban J connectivity index is 1.47. The molecule has 1 fully saturated rings. The van der Waals surface area contributed by atoms with Gasteiger partial charge in [0.15, 0.2) is 5.82 Å². The van der Waals surface area contributed by atoms with Crippen LogP contribution in [0.4, 0.5) is 20.7 Å². The average molecular weight is 383 g/mol. The van der Waals surface area contributed by atoms with Crippen LogP contribution in [-0.2, 0) is 5.54 Å². The second-order valence-electron chi connectivity index (χ2n) is 6.68. The summed E-state index contributed by atoms with van der Waals surface area (Å²) in [6.45, 7) is -2.68. The summed E-state index contributed by atoms with van der Waals surface area (Å²) >= 11 is 0. The second-order valence-corrected chi connectivity index (χ2v) is 6.68. The van der Waals surface area contributed by atoms with Crippen molar-refractivity contribution < 1.29 is 8.78 Å². The zero-order chi connectivity index (χ0) is 19.3. The van der Waals surface area contributed by atoms with Gasteiger partial charge in [-0.15, -0.1) is 0 Å². The number of hydrogen-bond acceptors (Lipinski definition) is 7. The van der Waals surface area contributed by atoms with E-state index in [-0.39, 0.29) is 11.9 Å². The number of hydrogen-bond donors (Lipinski definition) is 3. The number of nitrogens with one attached hydrogen (secondary N) is 2. The number of rotatable bonds is 5. The molecule has 4 N–H and O–H groups in total. The highest BCUT2D eigenvalue weighted by Crippen LogP contribution is 2.47. The van der Waals surface area contributed by atoms with Crippen LogP contribution in [-0.4, -0.2) is 34.9 Å². The van der Waals surface area contributed by atoms with Crippen molar-refractivity contribution in [3.8, 4) is 11.4 Å². The number of fused-ring (bicyclic) bond motifs is 1. The van der Waals surface area contributed by atoms with Crippen molar-refractivity contribution >= 4 is 22.8 Å². The Hall–Kier alpha value is -3.63. The first-order valence-electron chi connectivity index (χ1n) is 8.59. The summed E-state index contributed by atoms with van der Waals surface area (Å²) in [5.41, 5.74) is 7.42. The highest BCUT2D eigenvalue weighted by molar-refractivity contribution is 5.82. The van der Waals surface area contributed by atoms with Gasteiger partial charge in [-0.05, 0) is 25.0 Å². The molecule has 0 saturated heterocycles. The summed E-state index contributed by atoms with van der Waals surface area (Å²) in [5.74, 6) is 0.739. The SMILES string of the molecule is Nc1nc(NC2(c3ccn(C(F)F)n3)CC2)nc(-c2ccc3cn[nH]c3c2)n1. The third kappa shape index (κ3) is 2.80. The van der Waals surface area contributed by atoms with Gasteiger partial charge in [0, 0.05) is 17.1 Å². The van der Waals surface area contributed by atoms with E-state index in [0.29, 0.717) is 16.2 Å². The molecular weight excluding hydrogens is 368 g/mol. The molecule has 5 rings (SSSR count). The van der Waals surface area contributed by atoms with E-state index in [1.807, 2.05) is 18.2 Å². The minimum Gasteiger partial charge on any atom is -0.368 e. The third-order valence-corrected chi connectivity index (χ3v) is 4.75. The molecule has 142 valence electrons. The quantitative estimate of drug-likeness (QED) is 0.484. The number of H-pyrrole nitrogens is 1. The van der Waals surface area contributed by atoms with E-state index in [0.717, 1.165) is 29.3 Å². The van der Waals surface area contributed by atoms with E-state index in [2.05, 4.69) is 35.6 Å². The molecule has 0 amide bonds. The van der Waals surface area contributed by atoms with Gasteiger partial charge < -0.3 is 11.1 Å². The van der Waals surface area contributed by atoms with Gasteiger partial charge in [-0.1, -0.05) is 12.1 Å². The predicted octanol–water partition coefficient (Wildman–Crippen LogP) is 2.69. The van der Waals surface area contributed by atoms with Crippen molar-refractivity contribution in [1.29, 1.82) is 0 Å². The van der Waals surface area contributed by atoms with E-state index in [1.54, 1.807) is 12.3 Å². The van der Waals surface area contributed by atoms with Crippen molar-refractivity contribution in [2.45, 2.75) is 24.9 Å². The molecule has 28 heavy (non-hydrogen) atoms. The van der Waals surface area contributed by atoms with Gasteiger partial charge >= 0.3 is 6.55 Å². The predicted molar refractivity (Wildman–Crippen MR) is 97.3 cm³/mol. The number of nitrogens with zero attached hydrogens (tertiary/aromatic N) is 6. The lowest BCUT2D eigenvalue weighted by molar-refractivity contribution is 0.0560. The molecule has 0 bridgehead atoms. The van der Waals surface area contributed by atoms with Crippen LogP contribution in [0.15, 0.2) is 36.7 Å². The Labute approximate surface area is 157 Å². The molecule has 11 heteroatoms. The summed E-state index contributed by atoms with van der Waals surface area (Å²) in [6, 6.07) is 7.22. The van der Waals surface area contributed by atoms with Gasteiger partial charge in [0.1, 0.15) is 0 Å².